The van der Waals surface area contributed by atoms with Crippen molar-refractivity contribution in [3.8, 4) is 0 Å². The summed E-state index contributed by atoms with van der Waals surface area (Å²) in [6, 6.07) is 0. The highest BCUT2D eigenvalue weighted by Gasteiger charge is 2.40. The molecule has 0 spiro atoms. The van der Waals surface area contributed by atoms with Crippen LogP contribution in [0.2, 0.25) is 0 Å². The molecule has 0 amide bonds. The van der Waals surface area contributed by atoms with E-state index in [0.29, 0.717) is 25.8 Å². The van der Waals surface area contributed by atoms with Crippen molar-refractivity contribution < 1.29 is 14.3 Å². The molecule has 0 aromatic carbocycles. The Morgan fingerprint density at radius 1 is 0.500 bits per heavy atom. The van der Waals surface area contributed by atoms with Crippen LogP contribution in [0, 0.1) is 0 Å². The van der Waals surface area contributed by atoms with Crippen molar-refractivity contribution in [1.29, 1.82) is 0 Å². The summed E-state index contributed by atoms with van der Waals surface area (Å²) < 4.78 is 6.01. The fraction of sp³-hybridized carbons (Fsp3) is 0.941. The summed E-state index contributed by atoms with van der Waals surface area (Å²) in [5, 5.41) is 3.32. The number of nitrogens with one attached hydrogen (secondary N) is 1. The Hall–Kier alpha value is -0.900. The summed E-state index contributed by atoms with van der Waals surface area (Å²) in [6.07, 6.45) is 29.5. The molecule has 0 aliphatic heterocycles. The van der Waals surface area contributed by atoms with Crippen LogP contribution < -0.4 is 5.32 Å². The van der Waals surface area contributed by atoms with Crippen molar-refractivity contribution >= 4 is 11.8 Å². The molecule has 0 saturated heterocycles. The molecule has 4 nitrogen and oxygen atoms in total. The van der Waals surface area contributed by atoms with Crippen LogP contribution in [0.1, 0.15) is 195 Å². The van der Waals surface area contributed by atoms with E-state index in [-0.39, 0.29) is 11.8 Å². The predicted octanol–water partition coefficient (Wildman–Crippen LogP) is 10.6. The van der Waals surface area contributed by atoms with Crippen LogP contribution in [0.25, 0.3) is 0 Å². The number of esters is 1. The van der Waals surface area contributed by atoms with Crippen LogP contribution in [0.3, 0.4) is 0 Å². The minimum Gasteiger partial charge on any atom is -0.436 e. The molecule has 0 aromatic rings. The smallest absolute Gasteiger partial charge is 0.307 e. The van der Waals surface area contributed by atoms with Gasteiger partial charge in [0.15, 0.2) is 5.78 Å². The summed E-state index contributed by atoms with van der Waals surface area (Å²) in [5.41, 5.74) is -1.13. The SMILES string of the molecule is CCCCCCCCCCCCCC(=O)OC(CCCCC)(NCC)C(=O)CCCCCCCCCCC. The number of likely N-dealkylation sites (N-methyl/N-ethyl adjacent to an activating group) is 1. The van der Waals surface area contributed by atoms with Crippen LogP contribution in [-0.2, 0) is 14.3 Å². The minimum atomic E-state index is -1.13. The lowest BCUT2D eigenvalue weighted by Crippen LogP contribution is -2.55. The second kappa shape index (κ2) is 27.7. The van der Waals surface area contributed by atoms with Crippen molar-refractivity contribution in [2.24, 2.45) is 0 Å². The van der Waals surface area contributed by atoms with Gasteiger partial charge in [0.1, 0.15) is 0 Å². The highest BCUT2D eigenvalue weighted by molar-refractivity contribution is 5.89. The lowest BCUT2D eigenvalue weighted by atomic mass is 9.95. The Kier molecular flexibility index (Phi) is 27.0. The van der Waals surface area contributed by atoms with Gasteiger partial charge in [-0.1, -0.05) is 156 Å². The summed E-state index contributed by atoms with van der Waals surface area (Å²) in [4.78, 5) is 26.3. The third-order valence-electron chi connectivity index (χ3n) is 7.83. The number of unbranched alkanes of at least 4 members (excludes halogenated alkanes) is 20. The maximum atomic E-state index is 13.4. The van der Waals surface area contributed by atoms with Crippen LogP contribution in [0.5, 0.6) is 0 Å². The number of hydrogen-bond donors (Lipinski definition) is 1. The molecule has 1 unspecified atom stereocenters. The summed E-state index contributed by atoms with van der Waals surface area (Å²) in [7, 11) is 0. The first kappa shape index (κ1) is 37.1. The van der Waals surface area contributed by atoms with Crippen molar-refractivity contribution in [2.45, 2.75) is 200 Å². The highest BCUT2D eigenvalue weighted by Crippen LogP contribution is 2.24. The highest BCUT2D eigenvalue weighted by atomic mass is 16.6. The first-order valence-corrected chi connectivity index (χ1v) is 17.1. The zero-order chi connectivity index (χ0) is 28.2. The molecule has 0 aliphatic carbocycles. The molecule has 1 N–H and O–H groups in total. The van der Waals surface area contributed by atoms with E-state index in [2.05, 4.69) is 26.1 Å². The van der Waals surface area contributed by atoms with Crippen molar-refractivity contribution in [1.82, 2.24) is 5.32 Å². The number of hydrogen-bond acceptors (Lipinski definition) is 4. The number of carbonyl (C=O) groups excluding carboxylic acids is 2. The van der Waals surface area contributed by atoms with Gasteiger partial charge in [-0.3, -0.25) is 14.9 Å². The van der Waals surface area contributed by atoms with E-state index in [1.807, 2.05) is 6.92 Å². The first-order valence-electron chi connectivity index (χ1n) is 17.1. The average molecular weight is 538 g/mol. The molecule has 0 fully saturated rings. The lowest BCUT2D eigenvalue weighted by Gasteiger charge is -2.33. The van der Waals surface area contributed by atoms with Gasteiger partial charge in [-0.15, -0.1) is 0 Å². The van der Waals surface area contributed by atoms with E-state index < -0.39 is 5.72 Å². The number of carbonyl (C=O) groups is 2. The van der Waals surface area contributed by atoms with Gasteiger partial charge in [0.05, 0.1) is 0 Å². The molecule has 0 saturated carbocycles. The molecule has 1 atom stereocenters. The molecular formula is C34H67NO3. The van der Waals surface area contributed by atoms with Gasteiger partial charge in [0.2, 0.25) is 5.72 Å². The Bertz CT molecular complexity index is 536. The third kappa shape index (κ3) is 21.0. The quantitative estimate of drug-likeness (QED) is 0.0562. The summed E-state index contributed by atoms with van der Waals surface area (Å²) in [6.45, 7) is 9.30. The summed E-state index contributed by atoms with van der Waals surface area (Å²) in [5.74, 6) is -0.135. The summed E-state index contributed by atoms with van der Waals surface area (Å²) >= 11 is 0. The van der Waals surface area contributed by atoms with Gasteiger partial charge in [0.25, 0.3) is 0 Å². The minimum absolute atomic E-state index is 0.0747. The second-order valence-electron chi connectivity index (χ2n) is 11.6. The predicted molar refractivity (Wildman–Crippen MR) is 165 cm³/mol. The Morgan fingerprint density at radius 2 is 0.868 bits per heavy atom. The van der Waals surface area contributed by atoms with Gasteiger partial charge < -0.3 is 4.74 Å². The van der Waals surface area contributed by atoms with Crippen LogP contribution >= 0.6 is 0 Å². The Labute approximate surface area is 238 Å². The topological polar surface area (TPSA) is 55.4 Å². The van der Waals surface area contributed by atoms with Crippen LogP contribution in [-0.4, -0.2) is 24.0 Å². The van der Waals surface area contributed by atoms with Crippen molar-refractivity contribution in [3.63, 3.8) is 0 Å². The van der Waals surface area contributed by atoms with E-state index >= 15 is 0 Å². The van der Waals surface area contributed by atoms with E-state index in [1.165, 1.54) is 103 Å². The fourth-order valence-electron chi connectivity index (χ4n) is 5.36. The molecule has 0 heterocycles. The van der Waals surface area contributed by atoms with E-state index in [0.717, 1.165) is 44.9 Å². The number of Topliss-reactive ketones (excluding diaryl/α,β-unsaturated/α-hetero) is 1. The molecule has 0 bridgehead atoms. The van der Waals surface area contributed by atoms with Crippen molar-refractivity contribution in [2.75, 3.05) is 6.54 Å². The molecule has 0 aliphatic rings. The maximum absolute atomic E-state index is 13.4. The third-order valence-corrected chi connectivity index (χ3v) is 7.83. The van der Waals surface area contributed by atoms with Gasteiger partial charge in [-0.05, 0) is 25.8 Å². The standard InChI is InChI=1S/C34H67NO3/c1-5-9-12-14-16-18-19-21-23-25-27-30-33(37)38-34(35-8-4,31-28-11-7-3)32(36)29-26-24-22-20-17-15-13-10-6-2/h35H,5-31H2,1-4H3. The van der Waals surface area contributed by atoms with Crippen LogP contribution in [0.15, 0.2) is 0 Å². The normalized spacial score (nSPS) is 12.9. The molecule has 0 aromatic heterocycles. The molecular weight excluding hydrogens is 470 g/mol. The monoisotopic (exact) mass is 538 g/mol. The van der Waals surface area contributed by atoms with E-state index in [1.54, 1.807) is 0 Å². The molecule has 38 heavy (non-hydrogen) atoms. The van der Waals surface area contributed by atoms with Gasteiger partial charge in [-0.2, -0.15) is 0 Å². The molecule has 4 heteroatoms. The van der Waals surface area contributed by atoms with Crippen molar-refractivity contribution in [3.05, 3.63) is 0 Å². The van der Waals surface area contributed by atoms with Gasteiger partial charge >= 0.3 is 5.97 Å². The Balaban J connectivity index is 4.43. The lowest BCUT2D eigenvalue weighted by molar-refractivity contribution is -0.173. The molecule has 0 rings (SSSR count). The zero-order valence-corrected chi connectivity index (χ0v) is 26.3. The van der Waals surface area contributed by atoms with Gasteiger partial charge in [-0.25, -0.2) is 0 Å². The first-order chi connectivity index (χ1) is 18.6. The largest absolute Gasteiger partial charge is 0.436 e. The number of rotatable bonds is 30. The second-order valence-corrected chi connectivity index (χ2v) is 11.6. The number of ketones is 1. The Morgan fingerprint density at radius 3 is 1.29 bits per heavy atom. The van der Waals surface area contributed by atoms with Crippen LogP contribution in [0.4, 0.5) is 0 Å². The molecule has 226 valence electrons. The van der Waals surface area contributed by atoms with Gasteiger partial charge in [0, 0.05) is 19.3 Å². The van der Waals surface area contributed by atoms with E-state index in [9.17, 15) is 9.59 Å². The molecule has 0 radical (unpaired) electrons. The maximum Gasteiger partial charge on any atom is 0.307 e. The van der Waals surface area contributed by atoms with E-state index in [4.69, 9.17) is 4.74 Å². The zero-order valence-electron chi connectivity index (χ0n) is 26.3. The fourth-order valence-corrected chi connectivity index (χ4v) is 5.36. The average Bonchev–Trinajstić information content (AvgIpc) is 2.90. The number of ether oxygens (including phenoxy) is 1.